The molecule has 48 valence electrons. The van der Waals surface area contributed by atoms with Crippen LogP contribution in [0.3, 0.4) is 0 Å². The van der Waals surface area contributed by atoms with Gasteiger partial charge in [-0.1, -0.05) is 0 Å². The van der Waals surface area contributed by atoms with Crippen molar-refractivity contribution in [1.82, 2.24) is 0 Å². The van der Waals surface area contributed by atoms with Gasteiger partial charge in [0.05, 0.1) is 0 Å². The zero-order valence-electron chi connectivity index (χ0n) is 4.66. The van der Waals surface area contributed by atoms with Gasteiger partial charge in [0.15, 0.2) is 0 Å². The molecule has 4 nitrogen and oxygen atoms in total. The quantitative estimate of drug-likeness (QED) is 0.494. The molecule has 1 aliphatic rings. The van der Waals surface area contributed by atoms with Gasteiger partial charge in [-0.25, -0.2) is 0 Å². The average Bonchev–Trinajstić information content (AvgIpc) is 2.18. The second-order valence-corrected chi connectivity index (χ2v) is 1.55. The van der Waals surface area contributed by atoms with Crippen LogP contribution in [0.4, 0.5) is 0 Å². The lowest BCUT2D eigenvalue weighted by Gasteiger charge is -1.99. The van der Waals surface area contributed by atoms with E-state index in [1.807, 2.05) is 0 Å². The Morgan fingerprint density at radius 3 is 2.89 bits per heavy atom. The van der Waals surface area contributed by atoms with Gasteiger partial charge in [-0.3, -0.25) is 0 Å². The standard InChI is InChI=1S/C5H5N2O2/c8-2-1-4-5(9)7-3-6-4/h8H,1-2H2/q-1. The first-order chi connectivity index (χ1) is 4.34. The number of hydrogen-bond acceptors (Lipinski definition) is 3. The number of rotatable bonds is 2. The summed E-state index contributed by atoms with van der Waals surface area (Å²) >= 11 is 0. The highest BCUT2D eigenvalue weighted by atomic mass is 16.3. The molecule has 0 saturated carbocycles. The summed E-state index contributed by atoms with van der Waals surface area (Å²) in [5.74, 6) is -0.385. The minimum atomic E-state index is -0.385. The number of hydrogen-bond donors (Lipinski definition) is 1. The van der Waals surface area contributed by atoms with E-state index >= 15 is 0 Å². The second-order valence-electron chi connectivity index (χ2n) is 1.55. The fraction of sp³-hybridized carbons (Fsp3) is 0.400. The van der Waals surface area contributed by atoms with Gasteiger partial charge in [-0.05, 0) is 12.1 Å². The number of aliphatic hydroxyl groups excluding tert-OH is 1. The van der Waals surface area contributed by atoms with Gasteiger partial charge in [-0.15, -0.1) is 0 Å². The van der Waals surface area contributed by atoms with E-state index in [0.29, 0.717) is 0 Å². The Labute approximate surface area is 51.9 Å². The van der Waals surface area contributed by atoms with Crippen LogP contribution in [-0.4, -0.2) is 29.7 Å². The molecule has 0 radical (unpaired) electrons. The SMILES string of the molecule is O=C1N=[C-]N=C1CCO. The minimum absolute atomic E-state index is 0.0677. The van der Waals surface area contributed by atoms with Crippen LogP contribution in [-0.2, 0) is 4.79 Å². The lowest BCUT2D eigenvalue weighted by molar-refractivity contribution is -0.111. The third kappa shape index (κ3) is 1.20. The number of carbonyl (C=O) groups excluding carboxylic acids is 1. The van der Waals surface area contributed by atoms with E-state index in [1.165, 1.54) is 0 Å². The number of nitrogens with zero attached hydrogens (tertiary/aromatic N) is 2. The highest BCUT2D eigenvalue weighted by Crippen LogP contribution is 1.94. The largest absolute Gasteiger partial charge is 0.397 e. The molecular formula is C5H5N2O2-. The fourth-order valence-corrected chi connectivity index (χ4v) is 0.512. The molecular weight excluding hydrogens is 120 g/mol. The Kier molecular flexibility index (Phi) is 1.69. The van der Waals surface area contributed by atoms with Gasteiger partial charge in [0, 0.05) is 12.9 Å². The Bertz CT molecular complexity index is 183. The van der Waals surface area contributed by atoms with E-state index in [9.17, 15) is 4.79 Å². The van der Waals surface area contributed by atoms with E-state index in [-0.39, 0.29) is 24.6 Å². The van der Waals surface area contributed by atoms with Gasteiger partial charge in [0.1, 0.15) is 5.91 Å². The highest BCUT2D eigenvalue weighted by molar-refractivity contribution is 6.43. The summed E-state index contributed by atoms with van der Waals surface area (Å²) in [5, 5.41) is 8.34. The first kappa shape index (κ1) is 6.10. The third-order valence-corrected chi connectivity index (χ3v) is 0.932. The molecule has 0 aromatic heterocycles. The molecule has 0 aromatic rings. The molecule has 0 atom stereocenters. The van der Waals surface area contributed by atoms with Crippen molar-refractivity contribution in [1.29, 1.82) is 0 Å². The lowest BCUT2D eigenvalue weighted by Crippen LogP contribution is -2.08. The van der Waals surface area contributed by atoms with Crippen LogP contribution in [0.25, 0.3) is 0 Å². The maximum absolute atomic E-state index is 10.5. The Balaban J connectivity index is 2.54. The first-order valence-electron chi connectivity index (χ1n) is 2.52. The second kappa shape index (κ2) is 2.50. The summed E-state index contributed by atoms with van der Waals surface area (Å²) in [6.45, 7) is -0.0677. The topological polar surface area (TPSA) is 62.0 Å². The van der Waals surface area contributed by atoms with Crippen molar-refractivity contribution >= 4 is 18.0 Å². The van der Waals surface area contributed by atoms with E-state index in [1.54, 1.807) is 0 Å². The molecule has 1 aliphatic heterocycles. The Morgan fingerprint density at radius 2 is 2.44 bits per heavy atom. The molecule has 0 aromatic carbocycles. The van der Waals surface area contributed by atoms with Crippen molar-refractivity contribution in [3.05, 3.63) is 0 Å². The van der Waals surface area contributed by atoms with Gasteiger partial charge < -0.3 is 19.9 Å². The first-order valence-corrected chi connectivity index (χ1v) is 2.52. The normalized spacial score (nSPS) is 16.6. The lowest BCUT2D eigenvalue weighted by atomic mass is 10.3. The summed E-state index contributed by atoms with van der Waals surface area (Å²) in [5.41, 5.74) is 0.289. The van der Waals surface area contributed by atoms with Gasteiger partial charge in [-0.2, -0.15) is 0 Å². The van der Waals surface area contributed by atoms with Gasteiger partial charge in [0.25, 0.3) is 0 Å². The fourth-order valence-electron chi connectivity index (χ4n) is 0.512. The molecule has 9 heavy (non-hydrogen) atoms. The molecule has 1 amide bonds. The van der Waals surface area contributed by atoms with Crippen LogP contribution in [0.1, 0.15) is 6.42 Å². The predicted molar refractivity (Wildman–Crippen MR) is 31.6 cm³/mol. The minimum Gasteiger partial charge on any atom is -0.397 e. The number of carbonyl (C=O) groups is 1. The zero-order chi connectivity index (χ0) is 6.69. The monoisotopic (exact) mass is 125 g/mol. The summed E-state index contributed by atoms with van der Waals surface area (Å²) in [7, 11) is 0. The summed E-state index contributed by atoms with van der Waals surface area (Å²) in [6, 6.07) is 0. The average molecular weight is 125 g/mol. The van der Waals surface area contributed by atoms with Crippen molar-refractivity contribution < 1.29 is 9.90 Å². The molecule has 0 saturated heterocycles. The van der Waals surface area contributed by atoms with Crippen LogP contribution in [0, 0.1) is 0 Å². The number of amides is 1. The molecule has 0 unspecified atom stereocenters. The van der Waals surface area contributed by atoms with Crippen LogP contribution < -0.4 is 0 Å². The Hall–Kier alpha value is -1.03. The van der Waals surface area contributed by atoms with Crippen molar-refractivity contribution in [2.75, 3.05) is 6.61 Å². The molecule has 0 fully saturated rings. The van der Waals surface area contributed by atoms with Crippen LogP contribution >= 0.6 is 0 Å². The summed E-state index contributed by atoms with van der Waals surface area (Å²) < 4.78 is 0. The molecule has 0 aliphatic carbocycles. The molecule has 0 spiro atoms. The van der Waals surface area contributed by atoms with Crippen LogP contribution in [0.5, 0.6) is 0 Å². The molecule has 1 heterocycles. The maximum Gasteiger partial charge on any atom is 0.132 e. The number of aliphatic hydroxyl groups is 1. The van der Waals surface area contributed by atoms with Gasteiger partial charge >= 0.3 is 0 Å². The molecule has 1 rings (SSSR count). The third-order valence-electron chi connectivity index (χ3n) is 0.932. The van der Waals surface area contributed by atoms with E-state index in [0.717, 1.165) is 0 Å². The summed E-state index contributed by atoms with van der Waals surface area (Å²) in [6.07, 6.45) is 2.43. The number of aliphatic imine (C=N–C) groups is 2. The van der Waals surface area contributed by atoms with Crippen molar-refractivity contribution in [2.24, 2.45) is 9.98 Å². The van der Waals surface area contributed by atoms with Gasteiger partial charge in [0.2, 0.25) is 0 Å². The van der Waals surface area contributed by atoms with Crippen molar-refractivity contribution in [3.63, 3.8) is 0 Å². The zero-order valence-corrected chi connectivity index (χ0v) is 4.66. The van der Waals surface area contributed by atoms with E-state index in [2.05, 4.69) is 16.3 Å². The van der Waals surface area contributed by atoms with Crippen LogP contribution in [0.2, 0.25) is 0 Å². The van der Waals surface area contributed by atoms with Crippen LogP contribution in [0.15, 0.2) is 9.98 Å². The molecule has 1 N–H and O–H groups in total. The smallest absolute Gasteiger partial charge is 0.132 e. The van der Waals surface area contributed by atoms with E-state index < -0.39 is 0 Å². The highest BCUT2D eigenvalue weighted by Gasteiger charge is 1.98. The van der Waals surface area contributed by atoms with E-state index in [4.69, 9.17) is 5.11 Å². The van der Waals surface area contributed by atoms with Crippen molar-refractivity contribution in [3.8, 4) is 0 Å². The summed E-state index contributed by atoms with van der Waals surface area (Å²) in [4.78, 5) is 17.2. The molecule has 4 heteroatoms. The Morgan fingerprint density at radius 1 is 1.67 bits per heavy atom. The predicted octanol–water partition coefficient (Wildman–Crippen LogP) is -0.745. The molecule has 0 bridgehead atoms. The maximum atomic E-state index is 10.5. The van der Waals surface area contributed by atoms with Crippen molar-refractivity contribution in [2.45, 2.75) is 6.42 Å².